The lowest BCUT2D eigenvalue weighted by Crippen LogP contribution is -1.97. The van der Waals surface area contributed by atoms with E-state index >= 15 is 0 Å². The Kier molecular flexibility index (Phi) is 5.18. The van der Waals surface area contributed by atoms with E-state index in [0.29, 0.717) is 0 Å². The molecule has 2 heteroatoms. The first-order chi connectivity index (χ1) is 7.36. The van der Waals surface area contributed by atoms with Crippen LogP contribution in [-0.4, -0.2) is 13.7 Å². The Morgan fingerprint density at radius 1 is 1.40 bits per heavy atom. The van der Waals surface area contributed by atoms with Gasteiger partial charge in [0.1, 0.15) is 5.75 Å². The van der Waals surface area contributed by atoms with Crippen LogP contribution in [0.3, 0.4) is 0 Å². The number of rotatable bonds is 6. The zero-order chi connectivity index (χ0) is 10.9. The van der Waals surface area contributed by atoms with E-state index in [4.69, 9.17) is 11.2 Å². The highest BCUT2D eigenvalue weighted by Gasteiger charge is 1.94. The molecule has 0 bridgehead atoms. The van der Waals surface area contributed by atoms with Gasteiger partial charge in [0, 0.05) is 25.2 Å². The Morgan fingerprint density at radius 2 is 2.27 bits per heavy atom. The zero-order valence-electron chi connectivity index (χ0n) is 9.12. The first-order valence-electron chi connectivity index (χ1n) is 5.21. The summed E-state index contributed by atoms with van der Waals surface area (Å²) >= 11 is 0. The third-order valence-corrected chi connectivity index (χ3v) is 2.11. The van der Waals surface area contributed by atoms with Gasteiger partial charge in [-0.2, -0.15) is 0 Å². The molecular weight excluding hydrogens is 186 g/mol. The molecule has 0 atom stereocenters. The molecule has 1 aromatic carbocycles. The van der Waals surface area contributed by atoms with Gasteiger partial charge in [0.2, 0.25) is 0 Å². The van der Waals surface area contributed by atoms with Crippen molar-refractivity contribution in [2.75, 3.05) is 19.0 Å². The van der Waals surface area contributed by atoms with Crippen molar-refractivity contribution in [3.8, 4) is 18.1 Å². The summed E-state index contributed by atoms with van der Waals surface area (Å²) in [5.74, 6) is 3.52. The van der Waals surface area contributed by atoms with Crippen molar-refractivity contribution in [3.63, 3.8) is 0 Å². The highest BCUT2D eigenvalue weighted by Crippen LogP contribution is 2.16. The standard InChI is InChI=1S/C13H17NO/c1-3-4-5-6-10-15-13-9-7-8-12(11-13)14-2/h1,7-9,11,14H,4-6,10H2,2H3. The minimum atomic E-state index is 0.731. The number of benzene rings is 1. The smallest absolute Gasteiger partial charge is 0.121 e. The van der Waals surface area contributed by atoms with Crippen LogP contribution in [0, 0.1) is 12.3 Å². The molecule has 0 aliphatic carbocycles. The number of hydrogen-bond acceptors (Lipinski definition) is 2. The van der Waals surface area contributed by atoms with Crippen LogP contribution in [0.25, 0.3) is 0 Å². The number of terminal acetylenes is 1. The highest BCUT2D eigenvalue weighted by atomic mass is 16.5. The van der Waals surface area contributed by atoms with Gasteiger partial charge in [-0.3, -0.25) is 0 Å². The monoisotopic (exact) mass is 203 g/mol. The lowest BCUT2D eigenvalue weighted by Gasteiger charge is -2.07. The van der Waals surface area contributed by atoms with Crippen molar-refractivity contribution in [2.45, 2.75) is 19.3 Å². The number of nitrogens with one attached hydrogen (secondary N) is 1. The fourth-order valence-corrected chi connectivity index (χ4v) is 1.26. The lowest BCUT2D eigenvalue weighted by atomic mass is 10.2. The van der Waals surface area contributed by atoms with E-state index in [9.17, 15) is 0 Å². The molecule has 0 aliphatic heterocycles. The van der Waals surface area contributed by atoms with Gasteiger partial charge in [-0.05, 0) is 25.0 Å². The molecular formula is C13H17NO. The van der Waals surface area contributed by atoms with Crippen molar-refractivity contribution in [1.29, 1.82) is 0 Å². The molecule has 2 nitrogen and oxygen atoms in total. The number of unbranched alkanes of at least 4 members (excludes halogenated alkanes) is 2. The van der Waals surface area contributed by atoms with Crippen LogP contribution >= 0.6 is 0 Å². The lowest BCUT2D eigenvalue weighted by molar-refractivity contribution is 0.308. The summed E-state index contributed by atoms with van der Waals surface area (Å²) < 4.78 is 5.59. The van der Waals surface area contributed by atoms with Gasteiger partial charge in [-0.15, -0.1) is 12.3 Å². The van der Waals surface area contributed by atoms with Gasteiger partial charge in [-0.1, -0.05) is 6.07 Å². The van der Waals surface area contributed by atoms with Crippen molar-refractivity contribution in [1.82, 2.24) is 0 Å². The Labute approximate surface area is 91.6 Å². The highest BCUT2D eigenvalue weighted by molar-refractivity contribution is 5.47. The molecule has 0 fully saturated rings. The first-order valence-corrected chi connectivity index (χ1v) is 5.21. The fraction of sp³-hybridized carbons (Fsp3) is 0.385. The van der Waals surface area contributed by atoms with Crippen LogP contribution in [0.2, 0.25) is 0 Å². The van der Waals surface area contributed by atoms with Gasteiger partial charge in [-0.25, -0.2) is 0 Å². The second kappa shape index (κ2) is 6.78. The average molecular weight is 203 g/mol. The average Bonchev–Trinajstić information content (AvgIpc) is 2.29. The minimum Gasteiger partial charge on any atom is -0.494 e. The largest absolute Gasteiger partial charge is 0.494 e. The van der Waals surface area contributed by atoms with Crippen molar-refractivity contribution in [3.05, 3.63) is 24.3 Å². The fourth-order valence-electron chi connectivity index (χ4n) is 1.26. The molecule has 0 radical (unpaired) electrons. The Balaban J connectivity index is 2.28. The maximum atomic E-state index is 5.59. The summed E-state index contributed by atoms with van der Waals surface area (Å²) in [4.78, 5) is 0. The zero-order valence-corrected chi connectivity index (χ0v) is 9.12. The van der Waals surface area contributed by atoms with E-state index in [1.165, 1.54) is 0 Å². The van der Waals surface area contributed by atoms with Crippen LogP contribution in [0.5, 0.6) is 5.75 Å². The maximum Gasteiger partial charge on any atom is 0.121 e. The normalized spacial score (nSPS) is 9.33. The predicted molar refractivity (Wildman–Crippen MR) is 64.2 cm³/mol. The molecule has 1 aromatic rings. The second-order valence-electron chi connectivity index (χ2n) is 3.29. The minimum absolute atomic E-state index is 0.731. The topological polar surface area (TPSA) is 21.3 Å². The van der Waals surface area contributed by atoms with E-state index < -0.39 is 0 Å². The van der Waals surface area contributed by atoms with Crippen LogP contribution in [0.4, 0.5) is 5.69 Å². The molecule has 0 spiro atoms. The molecule has 80 valence electrons. The number of hydrogen-bond donors (Lipinski definition) is 1. The second-order valence-corrected chi connectivity index (χ2v) is 3.29. The summed E-state index contributed by atoms with van der Waals surface area (Å²) in [5.41, 5.74) is 1.07. The Morgan fingerprint density at radius 3 is 3.00 bits per heavy atom. The summed E-state index contributed by atoms with van der Waals surface area (Å²) in [7, 11) is 1.89. The van der Waals surface area contributed by atoms with E-state index in [1.807, 2.05) is 31.3 Å². The van der Waals surface area contributed by atoms with Crippen LogP contribution in [-0.2, 0) is 0 Å². The molecule has 0 saturated carbocycles. The molecule has 1 N–H and O–H groups in total. The molecule has 1 rings (SSSR count). The summed E-state index contributed by atoms with van der Waals surface area (Å²) in [5, 5.41) is 3.07. The Hall–Kier alpha value is -1.62. The molecule has 0 amide bonds. The van der Waals surface area contributed by atoms with E-state index in [-0.39, 0.29) is 0 Å². The number of anilines is 1. The van der Waals surface area contributed by atoms with Gasteiger partial charge in [0.15, 0.2) is 0 Å². The third-order valence-electron chi connectivity index (χ3n) is 2.11. The SMILES string of the molecule is C#CCCCCOc1cccc(NC)c1. The van der Waals surface area contributed by atoms with Gasteiger partial charge < -0.3 is 10.1 Å². The quantitative estimate of drug-likeness (QED) is 0.567. The molecule has 0 unspecified atom stereocenters. The van der Waals surface area contributed by atoms with E-state index in [0.717, 1.165) is 37.3 Å². The van der Waals surface area contributed by atoms with Gasteiger partial charge in [0.25, 0.3) is 0 Å². The summed E-state index contributed by atoms with van der Waals surface area (Å²) in [6.45, 7) is 0.731. The van der Waals surface area contributed by atoms with Crippen LogP contribution in [0.1, 0.15) is 19.3 Å². The van der Waals surface area contributed by atoms with E-state index in [1.54, 1.807) is 0 Å². The molecule has 0 aromatic heterocycles. The molecule has 0 aliphatic rings. The summed E-state index contributed by atoms with van der Waals surface area (Å²) in [6.07, 6.45) is 8.03. The first kappa shape index (κ1) is 11.5. The van der Waals surface area contributed by atoms with Gasteiger partial charge in [0.05, 0.1) is 6.61 Å². The molecule has 15 heavy (non-hydrogen) atoms. The van der Waals surface area contributed by atoms with Crippen LogP contribution < -0.4 is 10.1 Å². The van der Waals surface area contributed by atoms with Crippen molar-refractivity contribution in [2.24, 2.45) is 0 Å². The Bertz CT molecular complexity index is 328. The van der Waals surface area contributed by atoms with Crippen molar-refractivity contribution >= 4 is 5.69 Å². The number of ether oxygens (including phenoxy) is 1. The van der Waals surface area contributed by atoms with Crippen LogP contribution in [0.15, 0.2) is 24.3 Å². The van der Waals surface area contributed by atoms with Crippen molar-refractivity contribution < 1.29 is 4.74 Å². The molecule has 0 saturated heterocycles. The third kappa shape index (κ3) is 4.42. The van der Waals surface area contributed by atoms with Gasteiger partial charge >= 0.3 is 0 Å². The van der Waals surface area contributed by atoms with E-state index in [2.05, 4.69) is 11.2 Å². The summed E-state index contributed by atoms with van der Waals surface area (Å²) in [6, 6.07) is 7.93. The maximum absolute atomic E-state index is 5.59. The molecule has 0 heterocycles. The predicted octanol–water partition coefficient (Wildman–Crippen LogP) is 2.91.